The first-order valence-electron chi connectivity index (χ1n) is 6.93. The molecular formula is C17H19FN2O. The third-order valence-electron chi connectivity index (χ3n) is 3.53. The van der Waals surface area contributed by atoms with Crippen LogP contribution >= 0.6 is 0 Å². The summed E-state index contributed by atoms with van der Waals surface area (Å²) < 4.78 is 13.6. The number of carbonyl (C=O) groups excluding carboxylic acids is 1. The average molecular weight is 286 g/mol. The van der Waals surface area contributed by atoms with E-state index in [0.29, 0.717) is 12.1 Å². The fourth-order valence-electron chi connectivity index (χ4n) is 2.01. The van der Waals surface area contributed by atoms with Gasteiger partial charge in [0.15, 0.2) is 0 Å². The number of benzene rings is 2. The molecule has 0 aliphatic carbocycles. The third-order valence-corrected chi connectivity index (χ3v) is 3.53. The molecule has 0 fully saturated rings. The van der Waals surface area contributed by atoms with Gasteiger partial charge in [-0.3, -0.25) is 4.79 Å². The second kappa shape index (κ2) is 6.39. The molecule has 0 aliphatic rings. The minimum Gasteiger partial charge on any atom is -0.398 e. The predicted molar refractivity (Wildman–Crippen MR) is 82.5 cm³/mol. The fraction of sp³-hybridized carbons (Fsp3) is 0.235. The van der Waals surface area contributed by atoms with Gasteiger partial charge in [0.05, 0.1) is 0 Å². The maximum atomic E-state index is 13.6. The normalized spacial score (nSPS) is 10.4. The van der Waals surface area contributed by atoms with E-state index in [1.807, 2.05) is 24.3 Å². The number of rotatable bonds is 4. The highest BCUT2D eigenvalue weighted by Crippen LogP contribution is 2.17. The fourth-order valence-corrected chi connectivity index (χ4v) is 2.01. The number of aryl methyl sites for hydroxylation is 1. The molecule has 3 nitrogen and oxygen atoms in total. The summed E-state index contributed by atoms with van der Waals surface area (Å²) in [6.45, 7) is 4.08. The first-order chi connectivity index (χ1) is 10.0. The van der Waals surface area contributed by atoms with Gasteiger partial charge in [0.25, 0.3) is 5.91 Å². The van der Waals surface area contributed by atoms with E-state index < -0.39 is 5.82 Å². The Hall–Kier alpha value is -2.36. The molecule has 1 amide bonds. The summed E-state index contributed by atoms with van der Waals surface area (Å²) in [5, 5.41) is 2.77. The van der Waals surface area contributed by atoms with Crippen LogP contribution in [0, 0.1) is 12.7 Å². The second-order valence-electron chi connectivity index (χ2n) is 5.03. The van der Waals surface area contributed by atoms with Gasteiger partial charge in [-0.1, -0.05) is 31.2 Å². The first-order valence-corrected chi connectivity index (χ1v) is 6.93. The average Bonchev–Trinajstić information content (AvgIpc) is 2.50. The van der Waals surface area contributed by atoms with Crippen molar-refractivity contribution in [1.82, 2.24) is 5.32 Å². The molecule has 4 heteroatoms. The molecule has 0 aliphatic heterocycles. The van der Waals surface area contributed by atoms with Crippen LogP contribution < -0.4 is 11.1 Å². The Labute approximate surface area is 124 Å². The molecule has 0 atom stereocenters. The minimum atomic E-state index is -0.465. The Balaban J connectivity index is 2.04. The van der Waals surface area contributed by atoms with E-state index in [9.17, 15) is 9.18 Å². The number of carbonyl (C=O) groups is 1. The van der Waals surface area contributed by atoms with E-state index >= 15 is 0 Å². The third kappa shape index (κ3) is 3.60. The van der Waals surface area contributed by atoms with Crippen LogP contribution in [-0.2, 0) is 13.0 Å². The maximum absolute atomic E-state index is 13.6. The van der Waals surface area contributed by atoms with Crippen molar-refractivity contribution in [1.29, 1.82) is 0 Å². The van der Waals surface area contributed by atoms with Gasteiger partial charge < -0.3 is 11.1 Å². The van der Waals surface area contributed by atoms with E-state index in [-0.39, 0.29) is 17.2 Å². The van der Waals surface area contributed by atoms with Crippen molar-refractivity contribution in [2.45, 2.75) is 26.8 Å². The monoisotopic (exact) mass is 286 g/mol. The summed E-state index contributed by atoms with van der Waals surface area (Å²) in [6, 6.07) is 10.7. The molecule has 0 aromatic heterocycles. The van der Waals surface area contributed by atoms with Gasteiger partial charge in [0.1, 0.15) is 5.82 Å². The number of nitrogens with two attached hydrogens (primary N) is 1. The number of nitrogen functional groups attached to an aromatic ring is 1. The van der Waals surface area contributed by atoms with Crippen molar-refractivity contribution in [3.05, 3.63) is 64.5 Å². The molecule has 21 heavy (non-hydrogen) atoms. The van der Waals surface area contributed by atoms with Gasteiger partial charge in [-0.15, -0.1) is 0 Å². The maximum Gasteiger partial charge on any atom is 0.251 e. The predicted octanol–water partition coefficient (Wildman–Crippen LogP) is 3.21. The lowest BCUT2D eigenvalue weighted by molar-refractivity contribution is 0.0950. The Morgan fingerprint density at radius 1 is 1.19 bits per heavy atom. The number of hydrogen-bond donors (Lipinski definition) is 2. The highest BCUT2D eigenvalue weighted by molar-refractivity contribution is 5.95. The van der Waals surface area contributed by atoms with E-state index in [1.165, 1.54) is 17.7 Å². The summed E-state index contributed by atoms with van der Waals surface area (Å²) in [6.07, 6.45) is 0.981. The van der Waals surface area contributed by atoms with Gasteiger partial charge in [0.2, 0.25) is 0 Å². The molecule has 0 heterocycles. The van der Waals surface area contributed by atoms with E-state index in [0.717, 1.165) is 12.0 Å². The molecule has 0 radical (unpaired) electrons. The van der Waals surface area contributed by atoms with Crippen LogP contribution in [0.4, 0.5) is 10.1 Å². The zero-order chi connectivity index (χ0) is 15.4. The van der Waals surface area contributed by atoms with Gasteiger partial charge in [-0.25, -0.2) is 4.39 Å². The second-order valence-corrected chi connectivity index (χ2v) is 5.03. The van der Waals surface area contributed by atoms with Crippen molar-refractivity contribution in [2.24, 2.45) is 0 Å². The molecule has 0 bridgehead atoms. The summed E-state index contributed by atoms with van der Waals surface area (Å²) >= 11 is 0. The molecule has 110 valence electrons. The van der Waals surface area contributed by atoms with Crippen LogP contribution in [0.25, 0.3) is 0 Å². The van der Waals surface area contributed by atoms with E-state index in [2.05, 4.69) is 12.2 Å². The SMILES string of the molecule is CCc1ccc(CNC(=O)c2cc(N)c(C)c(F)c2)cc1. The topological polar surface area (TPSA) is 55.1 Å². The van der Waals surface area contributed by atoms with Crippen molar-refractivity contribution < 1.29 is 9.18 Å². The van der Waals surface area contributed by atoms with Gasteiger partial charge in [0, 0.05) is 23.4 Å². The minimum absolute atomic E-state index is 0.237. The van der Waals surface area contributed by atoms with E-state index in [1.54, 1.807) is 6.92 Å². The molecule has 0 saturated carbocycles. The Morgan fingerprint density at radius 3 is 2.38 bits per heavy atom. The van der Waals surface area contributed by atoms with Crippen molar-refractivity contribution in [3.8, 4) is 0 Å². The van der Waals surface area contributed by atoms with Gasteiger partial charge in [-0.2, -0.15) is 0 Å². The van der Waals surface area contributed by atoms with Crippen LogP contribution in [0.3, 0.4) is 0 Å². The highest BCUT2D eigenvalue weighted by Gasteiger charge is 2.10. The van der Waals surface area contributed by atoms with Crippen molar-refractivity contribution >= 4 is 11.6 Å². The van der Waals surface area contributed by atoms with E-state index in [4.69, 9.17) is 5.73 Å². The van der Waals surface area contributed by atoms with Crippen LogP contribution in [0.2, 0.25) is 0 Å². The van der Waals surface area contributed by atoms with Crippen molar-refractivity contribution in [2.75, 3.05) is 5.73 Å². The quantitative estimate of drug-likeness (QED) is 0.848. The standard InChI is InChI=1S/C17H19FN2O/c1-3-12-4-6-13(7-5-12)10-20-17(21)14-8-15(18)11(2)16(19)9-14/h4-9H,3,10,19H2,1-2H3,(H,20,21). The smallest absolute Gasteiger partial charge is 0.251 e. The molecule has 2 aromatic carbocycles. The van der Waals surface area contributed by atoms with Crippen LogP contribution in [0.1, 0.15) is 34.0 Å². The number of hydrogen-bond acceptors (Lipinski definition) is 2. The lowest BCUT2D eigenvalue weighted by atomic mass is 10.1. The number of halogens is 1. The lowest BCUT2D eigenvalue weighted by Crippen LogP contribution is -2.23. The molecule has 0 spiro atoms. The highest BCUT2D eigenvalue weighted by atomic mass is 19.1. The summed E-state index contributed by atoms with van der Waals surface area (Å²) in [5.74, 6) is -0.799. The number of nitrogens with one attached hydrogen (secondary N) is 1. The first kappa shape index (κ1) is 15.0. The molecule has 0 unspecified atom stereocenters. The van der Waals surface area contributed by atoms with Gasteiger partial charge in [-0.05, 0) is 36.6 Å². The Kier molecular flexibility index (Phi) is 4.58. The molecule has 3 N–H and O–H groups in total. The van der Waals surface area contributed by atoms with Crippen LogP contribution in [0.5, 0.6) is 0 Å². The molecular weight excluding hydrogens is 267 g/mol. The zero-order valence-electron chi connectivity index (χ0n) is 12.2. The van der Waals surface area contributed by atoms with Gasteiger partial charge >= 0.3 is 0 Å². The Morgan fingerprint density at radius 2 is 1.81 bits per heavy atom. The lowest BCUT2D eigenvalue weighted by Gasteiger charge is -2.08. The Bertz CT molecular complexity index is 627. The molecule has 0 saturated heterocycles. The number of amides is 1. The summed E-state index contributed by atoms with van der Waals surface area (Å²) in [4.78, 5) is 12.0. The number of anilines is 1. The zero-order valence-corrected chi connectivity index (χ0v) is 12.2. The van der Waals surface area contributed by atoms with Crippen LogP contribution in [0.15, 0.2) is 36.4 Å². The molecule has 2 rings (SSSR count). The summed E-state index contributed by atoms with van der Waals surface area (Å²) in [5.41, 5.74) is 8.81. The summed E-state index contributed by atoms with van der Waals surface area (Å²) in [7, 11) is 0. The molecule has 2 aromatic rings. The largest absolute Gasteiger partial charge is 0.398 e. The van der Waals surface area contributed by atoms with Crippen molar-refractivity contribution in [3.63, 3.8) is 0 Å². The van der Waals surface area contributed by atoms with Crippen LogP contribution in [-0.4, -0.2) is 5.91 Å².